The molecule has 98 valence electrons. The Morgan fingerprint density at radius 2 is 1.76 bits per heavy atom. The summed E-state index contributed by atoms with van der Waals surface area (Å²) in [5.41, 5.74) is 0. The van der Waals surface area contributed by atoms with E-state index >= 15 is 0 Å². The monoisotopic (exact) mass is 237 g/mol. The Morgan fingerprint density at radius 1 is 0.882 bits per heavy atom. The quantitative estimate of drug-likeness (QED) is 0.795. The first-order valence-electron chi connectivity index (χ1n) is 7.61. The van der Waals surface area contributed by atoms with Gasteiger partial charge in [-0.15, -0.1) is 0 Å². The normalized spacial score (nSPS) is 36.0. The van der Waals surface area contributed by atoms with Crippen molar-refractivity contribution in [2.45, 2.75) is 50.6 Å². The molecule has 0 aromatic carbocycles. The molecule has 0 saturated carbocycles. The Balaban J connectivity index is 1.48. The highest BCUT2D eigenvalue weighted by Crippen LogP contribution is 2.21. The van der Waals surface area contributed by atoms with Crippen LogP contribution in [0.5, 0.6) is 0 Å². The lowest BCUT2D eigenvalue weighted by Gasteiger charge is -2.30. The molecule has 0 radical (unpaired) electrons. The summed E-state index contributed by atoms with van der Waals surface area (Å²) in [5, 5.41) is 3.64. The average Bonchev–Trinajstić information content (AvgIpc) is 3.04. The van der Waals surface area contributed by atoms with Crippen molar-refractivity contribution in [2.24, 2.45) is 0 Å². The summed E-state index contributed by atoms with van der Waals surface area (Å²) < 4.78 is 0. The maximum Gasteiger partial charge on any atom is 0.0224 e. The lowest BCUT2D eigenvalue weighted by Crippen LogP contribution is -2.44. The van der Waals surface area contributed by atoms with Crippen molar-refractivity contribution in [2.75, 3.05) is 39.3 Å². The summed E-state index contributed by atoms with van der Waals surface area (Å²) in [6.07, 6.45) is 8.49. The molecule has 17 heavy (non-hydrogen) atoms. The summed E-state index contributed by atoms with van der Waals surface area (Å²) in [7, 11) is 0. The molecule has 0 bridgehead atoms. The predicted molar refractivity (Wildman–Crippen MR) is 71.3 cm³/mol. The molecule has 2 atom stereocenters. The molecule has 1 N–H and O–H groups in total. The van der Waals surface area contributed by atoms with Crippen molar-refractivity contribution < 1.29 is 0 Å². The highest BCUT2D eigenvalue weighted by atomic mass is 15.2. The fourth-order valence-corrected chi connectivity index (χ4v) is 3.80. The van der Waals surface area contributed by atoms with Crippen LogP contribution < -0.4 is 5.32 Å². The van der Waals surface area contributed by atoms with Gasteiger partial charge in [-0.25, -0.2) is 0 Å². The fraction of sp³-hybridized carbons (Fsp3) is 1.00. The van der Waals surface area contributed by atoms with E-state index in [1.807, 2.05) is 0 Å². The highest BCUT2D eigenvalue weighted by Gasteiger charge is 2.29. The van der Waals surface area contributed by atoms with E-state index < -0.39 is 0 Å². The fourth-order valence-electron chi connectivity index (χ4n) is 3.80. The Bertz CT molecular complexity index is 208. The van der Waals surface area contributed by atoms with Gasteiger partial charge >= 0.3 is 0 Å². The Hall–Kier alpha value is -0.120. The first-order valence-corrected chi connectivity index (χ1v) is 7.61. The third-order valence-corrected chi connectivity index (χ3v) is 4.78. The summed E-state index contributed by atoms with van der Waals surface area (Å²) in [6, 6.07) is 1.64. The summed E-state index contributed by atoms with van der Waals surface area (Å²) in [4.78, 5) is 5.45. The van der Waals surface area contributed by atoms with Crippen molar-refractivity contribution in [3.05, 3.63) is 0 Å². The number of likely N-dealkylation sites (tertiary alicyclic amines) is 2. The lowest BCUT2D eigenvalue weighted by atomic mass is 10.1. The van der Waals surface area contributed by atoms with Crippen LogP contribution in [0.4, 0.5) is 0 Å². The van der Waals surface area contributed by atoms with Crippen LogP contribution in [-0.4, -0.2) is 61.2 Å². The second-order valence-corrected chi connectivity index (χ2v) is 6.09. The molecule has 0 aliphatic carbocycles. The van der Waals surface area contributed by atoms with Crippen LogP contribution in [0.1, 0.15) is 38.5 Å². The van der Waals surface area contributed by atoms with Gasteiger partial charge in [0.25, 0.3) is 0 Å². The average molecular weight is 237 g/mol. The second-order valence-electron chi connectivity index (χ2n) is 6.09. The maximum absolute atomic E-state index is 3.64. The number of nitrogens with one attached hydrogen (secondary N) is 1. The Labute approximate surface area is 106 Å². The van der Waals surface area contributed by atoms with Crippen molar-refractivity contribution in [3.63, 3.8) is 0 Å². The number of hydrogen-bond acceptors (Lipinski definition) is 3. The molecule has 3 heterocycles. The minimum atomic E-state index is 0.786. The SMILES string of the molecule is C1CN[C@H](CN2CCC[C@H]2CN2CCCC2)C1. The van der Waals surface area contributed by atoms with Crippen molar-refractivity contribution in [3.8, 4) is 0 Å². The van der Waals surface area contributed by atoms with E-state index in [1.165, 1.54) is 77.8 Å². The minimum absolute atomic E-state index is 0.786. The zero-order valence-corrected chi connectivity index (χ0v) is 11.0. The van der Waals surface area contributed by atoms with E-state index in [-0.39, 0.29) is 0 Å². The summed E-state index contributed by atoms with van der Waals surface area (Å²) in [6.45, 7) is 7.94. The van der Waals surface area contributed by atoms with Crippen LogP contribution in [0, 0.1) is 0 Å². The van der Waals surface area contributed by atoms with Crippen LogP contribution in [0.25, 0.3) is 0 Å². The molecule has 3 nitrogen and oxygen atoms in total. The van der Waals surface area contributed by atoms with Crippen molar-refractivity contribution in [1.82, 2.24) is 15.1 Å². The predicted octanol–water partition coefficient (Wildman–Crippen LogP) is 1.30. The molecular formula is C14H27N3. The third-order valence-electron chi connectivity index (χ3n) is 4.78. The molecule has 3 fully saturated rings. The molecular weight excluding hydrogens is 210 g/mol. The van der Waals surface area contributed by atoms with Crippen molar-refractivity contribution >= 4 is 0 Å². The van der Waals surface area contributed by atoms with Gasteiger partial charge in [0.15, 0.2) is 0 Å². The first kappa shape index (κ1) is 11.9. The number of hydrogen-bond donors (Lipinski definition) is 1. The van der Waals surface area contributed by atoms with Crippen LogP contribution >= 0.6 is 0 Å². The Morgan fingerprint density at radius 3 is 2.53 bits per heavy atom. The lowest BCUT2D eigenvalue weighted by molar-refractivity contribution is 0.180. The van der Waals surface area contributed by atoms with Crippen LogP contribution in [0.2, 0.25) is 0 Å². The second kappa shape index (κ2) is 5.68. The molecule has 0 amide bonds. The molecule has 0 aromatic rings. The topological polar surface area (TPSA) is 18.5 Å². The molecule has 0 spiro atoms. The van der Waals surface area contributed by atoms with Gasteiger partial charge in [0.2, 0.25) is 0 Å². The largest absolute Gasteiger partial charge is 0.313 e. The summed E-state index contributed by atoms with van der Waals surface area (Å²) in [5.74, 6) is 0. The van der Waals surface area contributed by atoms with Gasteiger partial charge in [-0.2, -0.15) is 0 Å². The standard InChI is InChI=1S/C14H27N3/c1-2-9-16(8-1)12-14-6-4-10-17(14)11-13-5-3-7-15-13/h13-15H,1-12H2/t13-,14-/m0/s1. The molecule has 3 aliphatic heterocycles. The van der Waals surface area contributed by atoms with Gasteiger partial charge < -0.3 is 10.2 Å². The van der Waals surface area contributed by atoms with Gasteiger partial charge in [-0.05, 0) is 64.7 Å². The van der Waals surface area contributed by atoms with Gasteiger partial charge in [0.1, 0.15) is 0 Å². The van der Waals surface area contributed by atoms with E-state index in [4.69, 9.17) is 0 Å². The third kappa shape index (κ3) is 3.01. The zero-order valence-electron chi connectivity index (χ0n) is 11.0. The van der Waals surface area contributed by atoms with Gasteiger partial charge in [-0.3, -0.25) is 4.90 Å². The first-order chi connectivity index (χ1) is 8.42. The van der Waals surface area contributed by atoms with Crippen LogP contribution in [0.3, 0.4) is 0 Å². The maximum atomic E-state index is 3.64. The van der Waals surface area contributed by atoms with E-state index in [2.05, 4.69) is 15.1 Å². The number of rotatable bonds is 4. The van der Waals surface area contributed by atoms with Gasteiger partial charge in [-0.1, -0.05) is 0 Å². The number of nitrogens with zero attached hydrogens (tertiary/aromatic N) is 2. The minimum Gasteiger partial charge on any atom is -0.313 e. The molecule has 3 rings (SSSR count). The van der Waals surface area contributed by atoms with E-state index in [9.17, 15) is 0 Å². The van der Waals surface area contributed by atoms with E-state index in [0.29, 0.717) is 0 Å². The van der Waals surface area contributed by atoms with E-state index in [1.54, 1.807) is 0 Å². The summed E-state index contributed by atoms with van der Waals surface area (Å²) >= 11 is 0. The van der Waals surface area contributed by atoms with Crippen LogP contribution in [-0.2, 0) is 0 Å². The molecule has 0 unspecified atom stereocenters. The Kier molecular flexibility index (Phi) is 3.99. The van der Waals surface area contributed by atoms with E-state index in [0.717, 1.165) is 12.1 Å². The smallest absolute Gasteiger partial charge is 0.0224 e. The van der Waals surface area contributed by atoms with Gasteiger partial charge in [0.05, 0.1) is 0 Å². The van der Waals surface area contributed by atoms with Crippen molar-refractivity contribution in [1.29, 1.82) is 0 Å². The zero-order chi connectivity index (χ0) is 11.5. The molecule has 3 heteroatoms. The van der Waals surface area contributed by atoms with Gasteiger partial charge in [0, 0.05) is 25.2 Å². The highest BCUT2D eigenvalue weighted by molar-refractivity contribution is 4.87. The van der Waals surface area contributed by atoms with Crippen LogP contribution in [0.15, 0.2) is 0 Å². The molecule has 3 saturated heterocycles. The molecule has 3 aliphatic rings. The molecule has 0 aromatic heterocycles.